The Morgan fingerprint density at radius 1 is 1.11 bits per heavy atom. The lowest BCUT2D eigenvalue weighted by Gasteiger charge is -2.32. The van der Waals surface area contributed by atoms with E-state index in [0.29, 0.717) is 0 Å². The molecule has 3 atom stereocenters. The van der Waals surface area contributed by atoms with Crippen LogP contribution in [0.2, 0.25) is 0 Å². The molecule has 1 fully saturated rings. The van der Waals surface area contributed by atoms with Crippen LogP contribution in [0.1, 0.15) is 39.5 Å². The Labute approximate surface area is 117 Å². The largest absolute Gasteiger partial charge is 0.494 e. The zero-order chi connectivity index (χ0) is 13.5. The maximum Gasteiger partial charge on any atom is 0.119 e. The second-order valence-corrected chi connectivity index (χ2v) is 5.93. The van der Waals surface area contributed by atoms with Gasteiger partial charge in [-0.2, -0.15) is 0 Å². The number of nitrogens with one attached hydrogen (secondary N) is 1. The van der Waals surface area contributed by atoms with Crippen LogP contribution in [0.3, 0.4) is 0 Å². The van der Waals surface area contributed by atoms with Gasteiger partial charge >= 0.3 is 0 Å². The highest BCUT2D eigenvalue weighted by atomic mass is 16.5. The third kappa shape index (κ3) is 4.87. The van der Waals surface area contributed by atoms with Crippen molar-refractivity contribution < 1.29 is 4.74 Å². The highest BCUT2D eigenvalue weighted by molar-refractivity contribution is 5.20. The lowest BCUT2D eigenvalue weighted by atomic mass is 9.79. The fourth-order valence-electron chi connectivity index (χ4n) is 2.82. The fourth-order valence-corrected chi connectivity index (χ4v) is 2.82. The molecule has 1 aliphatic carbocycles. The van der Waals surface area contributed by atoms with Crippen molar-refractivity contribution >= 4 is 0 Å². The van der Waals surface area contributed by atoms with Gasteiger partial charge in [-0.1, -0.05) is 32.0 Å². The van der Waals surface area contributed by atoms with Gasteiger partial charge in [-0.15, -0.1) is 0 Å². The van der Waals surface area contributed by atoms with Crippen molar-refractivity contribution in [3.8, 4) is 5.75 Å². The number of ether oxygens (including phenoxy) is 1. The number of para-hydroxylation sites is 1. The summed E-state index contributed by atoms with van der Waals surface area (Å²) in [5, 5.41) is 3.68. The zero-order valence-electron chi connectivity index (χ0n) is 12.3. The molecule has 0 bridgehead atoms. The summed E-state index contributed by atoms with van der Waals surface area (Å²) in [5.74, 6) is 2.74. The smallest absolute Gasteiger partial charge is 0.119 e. The Morgan fingerprint density at radius 3 is 2.63 bits per heavy atom. The molecular formula is C17H27NO. The molecule has 2 heteroatoms. The molecule has 1 aromatic carbocycles. The highest BCUT2D eigenvalue weighted by Gasteiger charge is 2.23. The Hall–Kier alpha value is -1.02. The van der Waals surface area contributed by atoms with Gasteiger partial charge in [0.2, 0.25) is 0 Å². The van der Waals surface area contributed by atoms with Gasteiger partial charge in [0.15, 0.2) is 0 Å². The number of rotatable bonds is 6. The number of hydrogen-bond acceptors (Lipinski definition) is 2. The average molecular weight is 261 g/mol. The van der Waals surface area contributed by atoms with E-state index in [1.807, 2.05) is 30.3 Å². The van der Waals surface area contributed by atoms with Gasteiger partial charge in [-0.25, -0.2) is 0 Å². The van der Waals surface area contributed by atoms with Crippen molar-refractivity contribution in [3.05, 3.63) is 30.3 Å². The monoisotopic (exact) mass is 261 g/mol. The van der Waals surface area contributed by atoms with Gasteiger partial charge in [-0.05, 0) is 56.2 Å². The molecule has 19 heavy (non-hydrogen) atoms. The van der Waals surface area contributed by atoms with Crippen molar-refractivity contribution in [2.75, 3.05) is 13.2 Å². The van der Waals surface area contributed by atoms with Crippen molar-refractivity contribution in [1.82, 2.24) is 5.32 Å². The molecule has 106 valence electrons. The van der Waals surface area contributed by atoms with Crippen LogP contribution in [-0.2, 0) is 0 Å². The molecule has 3 unspecified atom stereocenters. The average Bonchev–Trinajstić information content (AvgIpc) is 2.43. The van der Waals surface area contributed by atoms with Gasteiger partial charge in [-0.3, -0.25) is 0 Å². The Balaban J connectivity index is 1.55. The zero-order valence-corrected chi connectivity index (χ0v) is 12.3. The predicted octanol–water partition coefficient (Wildman–Crippen LogP) is 3.87. The van der Waals surface area contributed by atoms with Gasteiger partial charge in [0.25, 0.3) is 0 Å². The molecule has 0 aromatic heterocycles. The summed E-state index contributed by atoms with van der Waals surface area (Å²) in [6.07, 6.45) is 5.13. The first kappa shape index (κ1) is 14.4. The summed E-state index contributed by atoms with van der Waals surface area (Å²) >= 11 is 0. The van der Waals surface area contributed by atoms with Gasteiger partial charge in [0.05, 0.1) is 6.61 Å². The van der Waals surface area contributed by atoms with Crippen LogP contribution in [0, 0.1) is 11.8 Å². The topological polar surface area (TPSA) is 21.3 Å². The quantitative estimate of drug-likeness (QED) is 0.785. The molecule has 0 heterocycles. The van der Waals surface area contributed by atoms with Crippen molar-refractivity contribution in [3.63, 3.8) is 0 Å². The highest BCUT2D eigenvalue weighted by Crippen LogP contribution is 2.29. The minimum Gasteiger partial charge on any atom is -0.494 e. The maximum atomic E-state index is 5.69. The first-order valence-electron chi connectivity index (χ1n) is 7.67. The molecule has 0 spiro atoms. The molecule has 0 amide bonds. The normalized spacial score (nSPS) is 27.2. The van der Waals surface area contributed by atoms with Gasteiger partial charge in [0, 0.05) is 6.04 Å². The summed E-state index contributed by atoms with van der Waals surface area (Å²) in [4.78, 5) is 0. The first-order chi connectivity index (χ1) is 9.25. The minimum atomic E-state index is 0.725. The second kappa shape index (κ2) is 7.54. The first-order valence-corrected chi connectivity index (χ1v) is 7.67. The maximum absolute atomic E-state index is 5.69. The van der Waals surface area contributed by atoms with E-state index in [2.05, 4.69) is 19.2 Å². The Kier molecular flexibility index (Phi) is 5.71. The van der Waals surface area contributed by atoms with Crippen LogP contribution in [0.4, 0.5) is 0 Å². The van der Waals surface area contributed by atoms with Crippen LogP contribution in [0.25, 0.3) is 0 Å². The number of hydrogen-bond donors (Lipinski definition) is 1. The molecule has 1 aliphatic rings. The van der Waals surface area contributed by atoms with E-state index < -0.39 is 0 Å². The minimum absolute atomic E-state index is 0.725. The van der Waals surface area contributed by atoms with Crippen molar-refractivity contribution in [2.24, 2.45) is 11.8 Å². The van der Waals surface area contributed by atoms with E-state index >= 15 is 0 Å². The second-order valence-electron chi connectivity index (χ2n) is 5.93. The Bertz CT molecular complexity index is 352. The van der Waals surface area contributed by atoms with E-state index in [1.54, 1.807) is 0 Å². The Morgan fingerprint density at radius 2 is 1.89 bits per heavy atom. The van der Waals surface area contributed by atoms with E-state index in [-0.39, 0.29) is 0 Å². The molecule has 1 saturated carbocycles. The van der Waals surface area contributed by atoms with E-state index in [4.69, 9.17) is 4.74 Å². The molecule has 2 nitrogen and oxygen atoms in total. The van der Waals surface area contributed by atoms with E-state index in [1.165, 1.54) is 19.3 Å². The summed E-state index contributed by atoms with van der Waals surface area (Å²) in [6, 6.07) is 10.8. The molecule has 2 rings (SSSR count). The van der Waals surface area contributed by atoms with Crippen LogP contribution in [0.5, 0.6) is 5.75 Å². The van der Waals surface area contributed by atoms with Gasteiger partial charge < -0.3 is 10.1 Å². The number of benzene rings is 1. The summed E-state index contributed by atoms with van der Waals surface area (Å²) in [7, 11) is 0. The molecule has 0 radical (unpaired) electrons. The van der Waals surface area contributed by atoms with Crippen LogP contribution in [0.15, 0.2) is 30.3 Å². The lowest BCUT2D eigenvalue weighted by molar-refractivity contribution is 0.222. The SMILES string of the molecule is CC1CCC(NCCCOc2ccccc2)CC1C. The molecule has 1 aromatic rings. The molecule has 0 saturated heterocycles. The van der Waals surface area contributed by atoms with Crippen LogP contribution in [-0.4, -0.2) is 19.2 Å². The van der Waals surface area contributed by atoms with Crippen molar-refractivity contribution in [2.45, 2.75) is 45.6 Å². The van der Waals surface area contributed by atoms with Crippen molar-refractivity contribution in [1.29, 1.82) is 0 Å². The van der Waals surface area contributed by atoms with E-state index in [9.17, 15) is 0 Å². The summed E-state index contributed by atoms with van der Waals surface area (Å²) in [5.41, 5.74) is 0. The predicted molar refractivity (Wildman–Crippen MR) is 80.5 cm³/mol. The van der Waals surface area contributed by atoms with Crippen LogP contribution >= 0.6 is 0 Å². The fraction of sp³-hybridized carbons (Fsp3) is 0.647. The molecular weight excluding hydrogens is 234 g/mol. The lowest BCUT2D eigenvalue weighted by Crippen LogP contribution is -2.37. The molecule has 0 aliphatic heterocycles. The van der Waals surface area contributed by atoms with E-state index in [0.717, 1.165) is 43.2 Å². The summed E-state index contributed by atoms with van der Waals surface area (Å²) < 4.78 is 5.69. The summed E-state index contributed by atoms with van der Waals surface area (Å²) in [6.45, 7) is 6.64. The third-order valence-corrected chi connectivity index (χ3v) is 4.36. The standard InChI is InChI=1S/C17H27NO/c1-14-9-10-16(13-15(14)2)18-11-6-12-19-17-7-4-3-5-8-17/h3-5,7-8,14-16,18H,6,9-13H2,1-2H3. The van der Waals surface area contributed by atoms with Crippen LogP contribution < -0.4 is 10.1 Å². The third-order valence-electron chi connectivity index (χ3n) is 4.36. The molecule has 1 N–H and O–H groups in total. The van der Waals surface area contributed by atoms with Gasteiger partial charge in [0.1, 0.15) is 5.75 Å².